The summed E-state index contributed by atoms with van der Waals surface area (Å²) in [5.74, 6) is -0.357. The molecule has 1 N–H and O–H groups in total. The molecule has 1 heterocycles. The second-order valence-corrected chi connectivity index (χ2v) is 9.10. The fourth-order valence-corrected chi connectivity index (χ4v) is 5.05. The van der Waals surface area contributed by atoms with Gasteiger partial charge in [-0.05, 0) is 42.7 Å². The lowest BCUT2D eigenvalue weighted by Gasteiger charge is -2.31. The third-order valence-corrected chi connectivity index (χ3v) is 6.89. The van der Waals surface area contributed by atoms with Crippen molar-refractivity contribution in [1.29, 1.82) is 0 Å². The molecule has 1 unspecified atom stereocenters. The monoisotopic (exact) mass is 436 g/mol. The summed E-state index contributed by atoms with van der Waals surface area (Å²) in [5.41, 5.74) is 0.970. The van der Waals surface area contributed by atoms with E-state index in [1.54, 1.807) is 18.2 Å². The molecule has 1 aliphatic heterocycles. The number of carbonyl (C=O) groups is 1. The van der Waals surface area contributed by atoms with Crippen LogP contribution in [0.3, 0.4) is 0 Å². The van der Waals surface area contributed by atoms with Crippen LogP contribution >= 0.6 is 0 Å². The minimum atomic E-state index is -3.63. The third-order valence-electron chi connectivity index (χ3n) is 5.08. The molecular weight excluding hydrogens is 411 g/mol. The summed E-state index contributed by atoms with van der Waals surface area (Å²) >= 11 is 0. The normalized spacial score (nSPS) is 17.4. The van der Waals surface area contributed by atoms with E-state index < -0.39 is 21.8 Å². The highest BCUT2D eigenvalue weighted by Gasteiger charge is 2.32. The van der Waals surface area contributed by atoms with Gasteiger partial charge in [-0.15, -0.1) is 0 Å². The number of halogens is 1. The highest BCUT2D eigenvalue weighted by Crippen LogP contribution is 2.30. The smallest absolute Gasteiger partial charge is 0.228 e. The molecule has 9 heteroatoms. The van der Waals surface area contributed by atoms with E-state index in [0.29, 0.717) is 42.1 Å². The SMILES string of the molecule is COc1ccc(OC)c(NC(=O)C2CCCN(S(=O)(=O)Cc3ccc(F)cc3)C2)c1. The van der Waals surface area contributed by atoms with Crippen molar-refractivity contribution in [2.24, 2.45) is 5.92 Å². The van der Waals surface area contributed by atoms with Crippen LogP contribution in [0.2, 0.25) is 0 Å². The number of amides is 1. The van der Waals surface area contributed by atoms with Crippen molar-refractivity contribution < 1.29 is 27.1 Å². The molecule has 7 nitrogen and oxygen atoms in total. The summed E-state index contributed by atoms with van der Waals surface area (Å²) in [6.07, 6.45) is 1.16. The number of ether oxygens (including phenoxy) is 2. The van der Waals surface area contributed by atoms with E-state index in [9.17, 15) is 17.6 Å². The zero-order valence-electron chi connectivity index (χ0n) is 16.9. The summed E-state index contributed by atoms with van der Waals surface area (Å²) < 4.78 is 50.5. The lowest BCUT2D eigenvalue weighted by molar-refractivity contribution is -0.120. The maximum atomic E-state index is 13.1. The number of hydrogen-bond donors (Lipinski definition) is 1. The Bertz CT molecular complexity index is 995. The molecule has 1 amide bonds. The van der Waals surface area contributed by atoms with Gasteiger partial charge in [0.15, 0.2) is 0 Å². The summed E-state index contributed by atoms with van der Waals surface area (Å²) in [4.78, 5) is 12.8. The number of hydrogen-bond acceptors (Lipinski definition) is 5. The van der Waals surface area contributed by atoms with Crippen LogP contribution < -0.4 is 14.8 Å². The van der Waals surface area contributed by atoms with Crippen LogP contribution in [0.4, 0.5) is 10.1 Å². The molecule has 1 aliphatic rings. The van der Waals surface area contributed by atoms with E-state index in [1.165, 1.54) is 42.8 Å². The first kappa shape index (κ1) is 22.0. The van der Waals surface area contributed by atoms with Crippen molar-refractivity contribution >= 4 is 21.6 Å². The molecule has 3 rings (SSSR count). The Morgan fingerprint density at radius 3 is 2.57 bits per heavy atom. The summed E-state index contributed by atoms with van der Waals surface area (Å²) in [7, 11) is -0.598. The molecule has 0 aliphatic carbocycles. The molecule has 1 atom stereocenters. The second kappa shape index (κ2) is 9.44. The van der Waals surface area contributed by atoms with Crippen LogP contribution in [-0.2, 0) is 20.6 Å². The lowest BCUT2D eigenvalue weighted by atomic mass is 9.98. The Balaban J connectivity index is 1.69. The van der Waals surface area contributed by atoms with Gasteiger partial charge >= 0.3 is 0 Å². The number of rotatable bonds is 7. The van der Waals surface area contributed by atoms with Crippen LogP contribution in [0.5, 0.6) is 11.5 Å². The van der Waals surface area contributed by atoms with Gasteiger partial charge < -0.3 is 14.8 Å². The molecule has 2 aromatic rings. The Hall–Kier alpha value is -2.65. The van der Waals surface area contributed by atoms with E-state index in [-0.39, 0.29) is 18.2 Å². The molecule has 0 spiro atoms. The maximum absolute atomic E-state index is 13.1. The predicted octanol–water partition coefficient (Wildman–Crippen LogP) is 3.02. The first-order chi connectivity index (χ1) is 14.3. The number of methoxy groups -OCH3 is 2. The highest BCUT2D eigenvalue weighted by molar-refractivity contribution is 7.88. The molecule has 2 aromatic carbocycles. The molecule has 0 aromatic heterocycles. The molecule has 30 heavy (non-hydrogen) atoms. The van der Waals surface area contributed by atoms with Crippen molar-refractivity contribution in [3.05, 3.63) is 53.8 Å². The highest BCUT2D eigenvalue weighted by atomic mass is 32.2. The summed E-state index contributed by atoms with van der Waals surface area (Å²) in [6.45, 7) is 0.456. The summed E-state index contributed by atoms with van der Waals surface area (Å²) in [6, 6.07) is 10.4. The molecule has 1 saturated heterocycles. The Labute approximate surface area is 175 Å². The number of sulfonamides is 1. The molecule has 0 bridgehead atoms. The van der Waals surface area contributed by atoms with Gasteiger partial charge in [-0.2, -0.15) is 0 Å². The van der Waals surface area contributed by atoms with Gasteiger partial charge in [-0.25, -0.2) is 17.1 Å². The van der Waals surface area contributed by atoms with Crippen molar-refractivity contribution in [3.8, 4) is 11.5 Å². The fraction of sp³-hybridized carbons (Fsp3) is 0.381. The van der Waals surface area contributed by atoms with E-state index in [2.05, 4.69) is 5.32 Å². The quantitative estimate of drug-likeness (QED) is 0.721. The minimum absolute atomic E-state index is 0.0989. The molecule has 0 saturated carbocycles. The van der Waals surface area contributed by atoms with E-state index >= 15 is 0 Å². The first-order valence-electron chi connectivity index (χ1n) is 9.57. The first-order valence-corrected chi connectivity index (χ1v) is 11.2. The van der Waals surface area contributed by atoms with Crippen molar-refractivity contribution in [3.63, 3.8) is 0 Å². The van der Waals surface area contributed by atoms with Gasteiger partial charge in [0.25, 0.3) is 0 Å². The van der Waals surface area contributed by atoms with Crippen molar-refractivity contribution in [1.82, 2.24) is 4.31 Å². The summed E-state index contributed by atoms with van der Waals surface area (Å²) in [5, 5.41) is 2.83. The zero-order valence-corrected chi connectivity index (χ0v) is 17.7. The van der Waals surface area contributed by atoms with Gasteiger partial charge in [0.2, 0.25) is 15.9 Å². The minimum Gasteiger partial charge on any atom is -0.497 e. The molecule has 162 valence electrons. The fourth-order valence-electron chi connectivity index (χ4n) is 3.44. The van der Waals surface area contributed by atoms with Crippen LogP contribution in [-0.4, -0.2) is 45.9 Å². The zero-order chi connectivity index (χ0) is 21.7. The largest absolute Gasteiger partial charge is 0.497 e. The van der Waals surface area contributed by atoms with Gasteiger partial charge in [0, 0.05) is 19.2 Å². The number of carbonyl (C=O) groups excluding carboxylic acids is 1. The predicted molar refractivity (Wildman–Crippen MR) is 111 cm³/mol. The van der Waals surface area contributed by atoms with Crippen LogP contribution in [0.25, 0.3) is 0 Å². The number of benzene rings is 2. The average molecular weight is 437 g/mol. The number of piperidine rings is 1. The average Bonchev–Trinajstić information content (AvgIpc) is 2.75. The standard InChI is InChI=1S/C21H25FN2O5S/c1-28-18-9-10-20(29-2)19(12-18)23-21(25)16-4-3-11-24(13-16)30(26,27)14-15-5-7-17(22)8-6-15/h5-10,12,16H,3-4,11,13-14H2,1-2H3,(H,23,25). The molecular formula is C21H25FN2O5S. The third kappa shape index (κ3) is 5.28. The van der Waals surface area contributed by atoms with Crippen LogP contribution in [0.1, 0.15) is 18.4 Å². The molecule has 0 radical (unpaired) electrons. The van der Waals surface area contributed by atoms with Crippen LogP contribution in [0.15, 0.2) is 42.5 Å². The van der Waals surface area contributed by atoms with Gasteiger partial charge in [0.1, 0.15) is 17.3 Å². The van der Waals surface area contributed by atoms with E-state index in [1.807, 2.05) is 0 Å². The van der Waals surface area contributed by atoms with Gasteiger partial charge in [-0.1, -0.05) is 12.1 Å². The van der Waals surface area contributed by atoms with Gasteiger partial charge in [0.05, 0.1) is 31.6 Å². The van der Waals surface area contributed by atoms with Crippen molar-refractivity contribution in [2.75, 3.05) is 32.6 Å². The Kier molecular flexibility index (Phi) is 6.94. The Morgan fingerprint density at radius 1 is 1.17 bits per heavy atom. The Morgan fingerprint density at radius 2 is 1.90 bits per heavy atom. The van der Waals surface area contributed by atoms with Crippen LogP contribution in [0, 0.1) is 11.7 Å². The number of nitrogens with zero attached hydrogens (tertiary/aromatic N) is 1. The number of nitrogens with one attached hydrogen (secondary N) is 1. The maximum Gasteiger partial charge on any atom is 0.228 e. The van der Waals surface area contributed by atoms with E-state index in [4.69, 9.17) is 9.47 Å². The van der Waals surface area contributed by atoms with E-state index in [0.717, 1.165) is 0 Å². The van der Waals surface area contributed by atoms with Gasteiger partial charge in [-0.3, -0.25) is 4.79 Å². The molecule has 1 fully saturated rings. The number of anilines is 1. The van der Waals surface area contributed by atoms with Crippen molar-refractivity contribution in [2.45, 2.75) is 18.6 Å². The lowest BCUT2D eigenvalue weighted by Crippen LogP contribution is -2.44. The topological polar surface area (TPSA) is 84.9 Å². The second-order valence-electron chi connectivity index (χ2n) is 7.14.